The van der Waals surface area contributed by atoms with E-state index in [0.29, 0.717) is 24.6 Å². The summed E-state index contributed by atoms with van der Waals surface area (Å²) in [5.74, 6) is 0.637. The zero-order valence-corrected chi connectivity index (χ0v) is 14.5. The van der Waals surface area contributed by atoms with Gasteiger partial charge in [0.05, 0.1) is 17.7 Å². The van der Waals surface area contributed by atoms with Gasteiger partial charge in [0.25, 0.3) is 5.91 Å². The van der Waals surface area contributed by atoms with Gasteiger partial charge in [-0.05, 0) is 30.9 Å². The van der Waals surface area contributed by atoms with Crippen LogP contribution in [0.4, 0.5) is 0 Å². The predicted octanol–water partition coefficient (Wildman–Crippen LogP) is 1.71. The first-order valence-corrected chi connectivity index (χ1v) is 9.33. The molecule has 2 atom stereocenters. The number of morpholine rings is 1. The van der Waals surface area contributed by atoms with Crippen LogP contribution in [0, 0.1) is 5.92 Å². The molecule has 0 spiro atoms. The number of aromatic nitrogens is 1. The average Bonchev–Trinajstić information content (AvgIpc) is 3.10. The fraction of sp³-hybridized carbons (Fsp3) is 0.632. The highest BCUT2D eigenvalue weighted by molar-refractivity contribution is 5.94. The quantitative estimate of drug-likeness (QED) is 0.838. The number of carbonyl (C=O) groups is 2. The van der Waals surface area contributed by atoms with Gasteiger partial charge in [-0.25, -0.2) is 0 Å². The number of nitrogens with zero attached hydrogens (tertiary/aromatic N) is 3. The first-order chi connectivity index (χ1) is 12.2. The van der Waals surface area contributed by atoms with E-state index in [1.807, 2.05) is 4.90 Å². The van der Waals surface area contributed by atoms with E-state index in [2.05, 4.69) is 4.98 Å². The largest absolute Gasteiger partial charge is 0.364 e. The van der Waals surface area contributed by atoms with Crippen molar-refractivity contribution in [2.24, 2.45) is 5.92 Å². The van der Waals surface area contributed by atoms with Crippen LogP contribution in [0.15, 0.2) is 24.5 Å². The SMILES string of the molecule is O=C(c1cccnc1)N1C[C@@H]2OCC(=O)N(CC3CCCCC3)[C@@H]2C1. The third kappa shape index (κ3) is 3.40. The summed E-state index contributed by atoms with van der Waals surface area (Å²) in [6.45, 7) is 2.06. The number of likely N-dealkylation sites (tertiary alicyclic amines) is 1. The van der Waals surface area contributed by atoms with Crippen molar-refractivity contribution in [3.63, 3.8) is 0 Å². The lowest BCUT2D eigenvalue weighted by atomic mass is 9.88. The number of carbonyl (C=O) groups excluding carboxylic acids is 2. The van der Waals surface area contributed by atoms with Gasteiger partial charge in [-0.3, -0.25) is 14.6 Å². The van der Waals surface area contributed by atoms with Gasteiger partial charge in [0, 0.05) is 32.0 Å². The van der Waals surface area contributed by atoms with E-state index in [4.69, 9.17) is 4.74 Å². The summed E-state index contributed by atoms with van der Waals surface area (Å²) in [6.07, 6.45) is 9.45. The lowest BCUT2D eigenvalue weighted by molar-refractivity contribution is -0.154. The highest BCUT2D eigenvalue weighted by Crippen LogP contribution is 2.29. The molecule has 0 N–H and O–H groups in total. The van der Waals surface area contributed by atoms with E-state index in [9.17, 15) is 9.59 Å². The first-order valence-electron chi connectivity index (χ1n) is 9.33. The topological polar surface area (TPSA) is 62.7 Å². The maximum absolute atomic E-state index is 12.7. The lowest BCUT2D eigenvalue weighted by Crippen LogP contribution is -2.55. The molecule has 3 heterocycles. The molecular formula is C19H25N3O3. The Bertz CT molecular complexity index is 630. The predicted molar refractivity (Wildman–Crippen MR) is 92.0 cm³/mol. The van der Waals surface area contributed by atoms with Crippen molar-refractivity contribution in [3.05, 3.63) is 30.1 Å². The average molecular weight is 343 g/mol. The summed E-state index contributed by atoms with van der Waals surface area (Å²) < 4.78 is 5.75. The van der Waals surface area contributed by atoms with Gasteiger partial charge in [0.15, 0.2) is 0 Å². The van der Waals surface area contributed by atoms with Crippen LogP contribution in [0.2, 0.25) is 0 Å². The van der Waals surface area contributed by atoms with Crippen molar-refractivity contribution in [2.75, 3.05) is 26.2 Å². The fourth-order valence-electron chi connectivity index (χ4n) is 4.39. The van der Waals surface area contributed by atoms with Gasteiger partial charge >= 0.3 is 0 Å². The van der Waals surface area contributed by atoms with Crippen LogP contribution in [0.25, 0.3) is 0 Å². The molecule has 2 saturated heterocycles. The van der Waals surface area contributed by atoms with Gasteiger partial charge in [-0.15, -0.1) is 0 Å². The summed E-state index contributed by atoms with van der Waals surface area (Å²) in [6, 6.07) is 3.54. The van der Waals surface area contributed by atoms with E-state index in [1.54, 1.807) is 29.4 Å². The van der Waals surface area contributed by atoms with Crippen molar-refractivity contribution in [1.82, 2.24) is 14.8 Å². The Hall–Kier alpha value is -1.95. The molecule has 1 aliphatic carbocycles. The Labute approximate surface area is 148 Å². The molecule has 6 nitrogen and oxygen atoms in total. The summed E-state index contributed by atoms with van der Waals surface area (Å²) in [5, 5.41) is 0. The molecule has 6 heteroatoms. The monoisotopic (exact) mass is 343 g/mol. The van der Waals surface area contributed by atoms with Gasteiger partial charge in [-0.1, -0.05) is 19.3 Å². The van der Waals surface area contributed by atoms with E-state index in [1.165, 1.54) is 32.1 Å². The van der Waals surface area contributed by atoms with Gasteiger partial charge in [0.2, 0.25) is 5.91 Å². The molecule has 1 aromatic rings. The molecule has 1 aromatic heterocycles. The van der Waals surface area contributed by atoms with Crippen molar-refractivity contribution in [2.45, 2.75) is 44.2 Å². The molecule has 1 saturated carbocycles. The van der Waals surface area contributed by atoms with Crippen molar-refractivity contribution in [1.29, 1.82) is 0 Å². The normalized spacial score (nSPS) is 27.4. The Morgan fingerprint density at radius 1 is 1.24 bits per heavy atom. The maximum Gasteiger partial charge on any atom is 0.255 e. The molecule has 0 aromatic carbocycles. The maximum atomic E-state index is 12.7. The van der Waals surface area contributed by atoms with Gasteiger partial charge in [0.1, 0.15) is 6.61 Å². The third-order valence-electron chi connectivity index (χ3n) is 5.75. The van der Waals surface area contributed by atoms with Crippen LogP contribution >= 0.6 is 0 Å². The minimum absolute atomic E-state index is 0.0104. The Morgan fingerprint density at radius 2 is 2.08 bits per heavy atom. The van der Waals surface area contributed by atoms with Crippen molar-refractivity contribution < 1.29 is 14.3 Å². The zero-order valence-electron chi connectivity index (χ0n) is 14.5. The number of amides is 2. The molecular weight excluding hydrogens is 318 g/mol. The number of fused-ring (bicyclic) bond motifs is 1. The van der Waals surface area contributed by atoms with Crippen LogP contribution in [-0.4, -0.2) is 65.0 Å². The lowest BCUT2D eigenvalue weighted by Gasteiger charge is -2.39. The summed E-state index contributed by atoms with van der Waals surface area (Å²) in [7, 11) is 0. The van der Waals surface area contributed by atoms with E-state index in [-0.39, 0.29) is 30.6 Å². The van der Waals surface area contributed by atoms with E-state index >= 15 is 0 Å². The number of hydrogen-bond donors (Lipinski definition) is 0. The summed E-state index contributed by atoms with van der Waals surface area (Å²) >= 11 is 0. The number of pyridine rings is 1. The third-order valence-corrected chi connectivity index (χ3v) is 5.75. The second kappa shape index (κ2) is 7.12. The van der Waals surface area contributed by atoms with Crippen LogP contribution in [0.1, 0.15) is 42.5 Å². The molecule has 2 amide bonds. The van der Waals surface area contributed by atoms with E-state index in [0.717, 1.165) is 6.54 Å². The van der Waals surface area contributed by atoms with Crippen LogP contribution < -0.4 is 0 Å². The van der Waals surface area contributed by atoms with Gasteiger partial charge in [-0.2, -0.15) is 0 Å². The van der Waals surface area contributed by atoms with Crippen molar-refractivity contribution >= 4 is 11.8 Å². The number of ether oxygens (including phenoxy) is 1. The highest BCUT2D eigenvalue weighted by Gasteiger charge is 2.45. The molecule has 4 rings (SSSR count). The minimum Gasteiger partial charge on any atom is -0.364 e. The fourth-order valence-corrected chi connectivity index (χ4v) is 4.39. The minimum atomic E-state index is -0.0677. The molecule has 3 fully saturated rings. The summed E-state index contributed by atoms with van der Waals surface area (Å²) in [5.41, 5.74) is 0.589. The highest BCUT2D eigenvalue weighted by atomic mass is 16.5. The van der Waals surface area contributed by atoms with Crippen molar-refractivity contribution in [3.8, 4) is 0 Å². The Morgan fingerprint density at radius 3 is 2.84 bits per heavy atom. The molecule has 3 aliphatic rings. The van der Waals surface area contributed by atoms with Gasteiger partial charge < -0.3 is 14.5 Å². The molecule has 2 aliphatic heterocycles. The van der Waals surface area contributed by atoms with E-state index < -0.39 is 0 Å². The standard InChI is InChI=1S/C19H25N3O3/c23-18-13-25-17-12-21(19(24)15-7-4-8-20-9-15)11-16(17)22(18)10-14-5-2-1-3-6-14/h4,7-9,14,16-17H,1-3,5-6,10-13H2/t16-,17+/m1/s1. The Kier molecular flexibility index (Phi) is 4.70. The molecule has 25 heavy (non-hydrogen) atoms. The second-order valence-corrected chi connectivity index (χ2v) is 7.42. The molecule has 0 unspecified atom stereocenters. The molecule has 134 valence electrons. The first kappa shape index (κ1) is 16.5. The molecule has 0 radical (unpaired) electrons. The molecule has 0 bridgehead atoms. The van der Waals surface area contributed by atoms with Crippen LogP contribution in [-0.2, 0) is 9.53 Å². The second-order valence-electron chi connectivity index (χ2n) is 7.42. The smallest absolute Gasteiger partial charge is 0.255 e. The Balaban J connectivity index is 1.46. The number of rotatable bonds is 3. The number of hydrogen-bond acceptors (Lipinski definition) is 4. The zero-order chi connectivity index (χ0) is 17.2. The van der Waals surface area contributed by atoms with Crippen LogP contribution in [0.3, 0.4) is 0 Å². The van der Waals surface area contributed by atoms with Crippen LogP contribution in [0.5, 0.6) is 0 Å². The summed E-state index contributed by atoms with van der Waals surface area (Å²) in [4.78, 5) is 33.0.